The molecule has 0 bridgehead atoms. The van der Waals surface area contributed by atoms with Crippen LogP contribution in [-0.4, -0.2) is 31.1 Å². The van der Waals surface area contributed by atoms with Crippen molar-refractivity contribution in [2.45, 2.75) is 32.7 Å². The summed E-state index contributed by atoms with van der Waals surface area (Å²) < 4.78 is 0. The molecule has 0 amide bonds. The molecule has 0 radical (unpaired) electrons. The maximum atomic E-state index is 3.51. The smallest absolute Gasteiger partial charge is 0.0473 e. The average molecular weight is 269 g/mol. The van der Waals surface area contributed by atoms with Gasteiger partial charge in [-0.15, -0.1) is 12.4 Å². The summed E-state index contributed by atoms with van der Waals surface area (Å²) in [5.74, 6) is 0. The first-order valence-electron chi connectivity index (χ1n) is 6.88. The molecule has 18 heavy (non-hydrogen) atoms. The van der Waals surface area contributed by atoms with Gasteiger partial charge in [-0.25, -0.2) is 0 Å². The van der Waals surface area contributed by atoms with Crippen LogP contribution in [0.3, 0.4) is 0 Å². The van der Waals surface area contributed by atoms with Crippen LogP contribution in [0.25, 0.3) is 0 Å². The molecule has 0 aliphatic carbocycles. The molecule has 1 N–H and O–H groups in total. The van der Waals surface area contributed by atoms with Crippen LogP contribution < -0.4 is 5.32 Å². The van der Waals surface area contributed by atoms with Crippen LogP contribution in [0.2, 0.25) is 0 Å². The standard InChI is InChI=1S/C15H24N2.ClH/c1-3-10-17-11-9-16-12-15(17)14-7-5-13(4-2)6-8-14;/h5-8,15-16H,3-4,9-12H2,1-2H3;1H. The summed E-state index contributed by atoms with van der Waals surface area (Å²) in [6.45, 7) is 9.07. The van der Waals surface area contributed by atoms with Crippen LogP contribution in [0.5, 0.6) is 0 Å². The SMILES string of the molecule is CCCN1CCNCC1c1ccc(CC)cc1.Cl. The van der Waals surface area contributed by atoms with Gasteiger partial charge in [-0.3, -0.25) is 4.90 Å². The van der Waals surface area contributed by atoms with Crippen molar-refractivity contribution in [1.29, 1.82) is 0 Å². The first-order valence-corrected chi connectivity index (χ1v) is 6.88. The summed E-state index contributed by atoms with van der Waals surface area (Å²) in [4.78, 5) is 2.61. The van der Waals surface area contributed by atoms with Crippen molar-refractivity contribution in [2.75, 3.05) is 26.2 Å². The summed E-state index contributed by atoms with van der Waals surface area (Å²) in [5.41, 5.74) is 2.89. The Labute approximate surface area is 117 Å². The number of nitrogens with zero attached hydrogens (tertiary/aromatic N) is 1. The van der Waals surface area contributed by atoms with E-state index < -0.39 is 0 Å². The molecule has 1 atom stereocenters. The van der Waals surface area contributed by atoms with Crippen molar-refractivity contribution in [2.24, 2.45) is 0 Å². The van der Waals surface area contributed by atoms with E-state index in [1.165, 1.54) is 30.6 Å². The predicted molar refractivity (Wildman–Crippen MR) is 80.5 cm³/mol. The van der Waals surface area contributed by atoms with Crippen molar-refractivity contribution >= 4 is 12.4 Å². The number of hydrogen-bond donors (Lipinski definition) is 1. The monoisotopic (exact) mass is 268 g/mol. The quantitative estimate of drug-likeness (QED) is 0.903. The zero-order chi connectivity index (χ0) is 12.1. The molecule has 1 aliphatic heterocycles. The van der Waals surface area contributed by atoms with Crippen LogP contribution in [-0.2, 0) is 6.42 Å². The van der Waals surface area contributed by atoms with Gasteiger partial charge in [0.05, 0.1) is 0 Å². The van der Waals surface area contributed by atoms with Gasteiger partial charge in [-0.1, -0.05) is 38.1 Å². The van der Waals surface area contributed by atoms with Gasteiger partial charge >= 0.3 is 0 Å². The maximum Gasteiger partial charge on any atom is 0.0473 e. The Bertz CT molecular complexity index is 335. The van der Waals surface area contributed by atoms with Crippen LogP contribution >= 0.6 is 12.4 Å². The molecule has 1 fully saturated rings. The molecule has 1 aliphatic rings. The van der Waals surface area contributed by atoms with E-state index >= 15 is 0 Å². The lowest BCUT2D eigenvalue weighted by Gasteiger charge is -2.36. The van der Waals surface area contributed by atoms with Crippen LogP contribution in [0.4, 0.5) is 0 Å². The van der Waals surface area contributed by atoms with Gasteiger partial charge in [-0.2, -0.15) is 0 Å². The largest absolute Gasteiger partial charge is 0.314 e. The van der Waals surface area contributed by atoms with E-state index in [4.69, 9.17) is 0 Å². The number of nitrogens with one attached hydrogen (secondary N) is 1. The second-order valence-electron chi connectivity index (χ2n) is 4.85. The minimum absolute atomic E-state index is 0. The topological polar surface area (TPSA) is 15.3 Å². The van der Waals surface area contributed by atoms with E-state index in [1.807, 2.05) is 0 Å². The second-order valence-corrected chi connectivity index (χ2v) is 4.85. The van der Waals surface area contributed by atoms with Crippen LogP contribution in [0.1, 0.15) is 37.4 Å². The van der Waals surface area contributed by atoms with Crippen molar-refractivity contribution in [3.63, 3.8) is 0 Å². The first kappa shape index (κ1) is 15.5. The Balaban J connectivity index is 0.00000162. The fourth-order valence-corrected chi connectivity index (χ4v) is 2.61. The number of aryl methyl sites for hydroxylation is 1. The molecule has 1 aromatic rings. The van der Waals surface area contributed by atoms with Gasteiger partial charge in [0.2, 0.25) is 0 Å². The molecule has 1 aromatic carbocycles. The lowest BCUT2D eigenvalue weighted by atomic mass is 10.0. The van der Waals surface area contributed by atoms with Gasteiger partial charge in [0.25, 0.3) is 0 Å². The molecular formula is C15H25ClN2. The highest BCUT2D eigenvalue weighted by molar-refractivity contribution is 5.85. The fourth-order valence-electron chi connectivity index (χ4n) is 2.61. The molecular weight excluding hydrogens is 244 g/mol. The number of piperazine rings is 1. The van der Waals surface area contributed by atoms with Crippen molar-refractivity contribution in [1.82, 2.24) is 10.2 Å². The Kier molecular flexibility index (Phi) is 6.69. The normalized spacial score (nSPS) is 20.4. The van der Waals surface area contributed by atoms with E-state index in [0.29, 0.717) is 6.04 Å². The zero-order valence-corrected chi connectivity index (χ0v) is 12.3. The molecule has 2 nitrogen and oxygen atoms in total. The Morgan fingerprint density at radius 1 is 1.22 bits per heavy atom. The first-order chi connectivity index (χ1) is 8.35. The Hall–Kier alpha value is -0.570. The summed E-state index contributed by atoms with van der Waals surface area (Å²) in [7, 11) is 0. The third-order valence-corrected chi connectivity index (χ3v) is 3.64. The van der Waals surface area contributed by atoms with Crippen LogP contribution in [0, 0.1) is 0 Å². The molecule has 0 saturated carbocycles. The minimum Gasteiger partial charge on any atom is -0.314 e. The molecule has 1 heterocycles. The maximum absolute atomic E-state index is 3.51. The second kappa shape index (κ2) is 7.78. The third kappa shape index (κ3) is 3.71. The molecule has 1 unspecified atom stereocenters. The van der Waals surface area contributed by atoms with Gasteiger partial charge in [-0.05, 0) is 30.5 Å². The molecule has 102 valence electrons. The predicted octanol–water partition coefficient (Wildman–Crippen LogP) is 3.03. The van der Waals surface area contributed by atoms with E-state index in [2.05, 4.69) is 48.3 Å². The van der Waals surface area contributed by atoms with Gasteiger partial charge in [0, 0.05) is 25.7 Å². The van der Waals surface area contributed by atoms with E-state index in [9.17, 15) is 0 Å². The number of benzene rings is 1. The number of halogens is 1. The lowest BCUT2D eigenvalue weighted by Crippen LogP contribution is -2.46. The van der Waals surface area contributed by atoms with Gasteiger partial charge in [0.1, 0.15) is 0 Å². The fraction of sp³-hybridized carbons (Fsp3) is 0.600. The molecule has 1 saturated heterocycles. The van der Waals surface area contributed by atoms with E-state index in [0.717, 1.165) is 19.5 Å². The Morgan fingerprint density at radius 2 is 1.94 bits per heavy atom. The van der Waals surface area contributed by atoms with Crippen molar-refractivity contribution in [3.8, 4) is 0 Å². The average Bonchev–Trinajstić information content (AvgIpc) is 2.40. The van der Waals surface area contributed by atoms with Gasteiger partial charge < -0.3 is 5.32 Å². The summed E-state index contributed by atoms with van der Waals surface area (Å²) >= 11 is 0. The highest BCUT2D eigenvalue weighted by Crippen LogP contribution is 2.22. The molecule has 0 spiro atoms. The molecule has 2 rings (SSSR count). The number of hydrogen-bond acceptors (Lipinski definition) is 2. The van der Waals surface area contributed by atoms with Crippen molar-refractivity contribution < 1.29 is 0 Å². The molecule has 0 aromatic heterocycles. The molecule has 3 heteroatoms. The van der Waals surface area contributed by atoms with Crippen LogP contribution in [0.15, 0.2) is 24.3 Å². The van der Waals surface area contributed by atoms with E-state index in [-0.39, 0.29) is 12.4 Å². The van der Waals surface area contributed by atoms with Gasteiger partial charge in [0.15, 0.2) is 0 Å². The summed E-state index contributed by atoms with van der Waals surface area (Å²) in [6.07, 6.45) is 2.37. The lowest BCUT2D eigenvalue weighted by molar-refractivity contribution is 0.162. The highest BCUT2D eigenvalue weighted by atomic mass is 35.5. The minimum atomic E-state index is 0. The van der Waals surface area contributed by atoms with E-state index in [1.54, 1.807) is 0 Å². The Morgan fingerprint density at radius 3 is 2.56 bits per heavy atom. The zero-order valence-electron chi connectivity index (χ0n) is 11.5. The highest BCUT2D eigenvalue weighted by Gasteiger charge is 2.22. The van der Waals surface area contributed by atoms with Crippen molar-refractivity contribution in [3.05, 3.63) is 35.4 Å². The summed E-state index contributed by atoms with van der Waals surface area (Å²) in [6, 6.07) is 9.72. The number of rotatable bonds is 4. The third-order valence-electron chi connectivity index (χ3n) is 3.64. The summed E-state index contributed by atoms with van der Waals surface area (Å²) in [5, 5.41) is 3.51.